The van der Waals surface area contributed by atoms with Gasteiger partial charge in [0.25, 0.3) is 5.91 Å². The number of anilines is 1. The third-order valence-corrected chi connectivity index (χ3v) is 4.55. The standard InChI is InChI=1S/C20H15BClNO2/c22-17-9-6-14(7-10-17)20(24)23-18-11-8-15-13-25-21(19(15)12-18)16-4-2-1-3-5-16/h1-12H,13H2,(H,23,24). The van der Waals surface area contributed by atoms with E-state index in [0.29, 0.717) is 17.2 Å². The largest absolute Gasteiger partial charge is 0.423 e. The molecule has 0 bridgehead atoms. The minimum absolute atomic E-state index is 0.0939. The molecule has 3 aromatic carbocycles. The maximum Gasteiger partial charge on any atom is 0.362 e. The molecular formula is C20H15BClNO2. The number of carbonyl (C=O) groups excluding carboxylic acids is 1. The molecule has 1 N–H and O–H groups in total. The Bertz CT molecular complexity index is 913. The monoisotopic (exact) mass is 347 g/mol. The number of rotatable bonds is 3. The molecule has 0 aromatic heterocycles. The van der Waals surface area contributed by atoms with Crippen molar-refractivity contribution in [2.24, 2.45) is 0 Å². The number of hydrogen-bond donors (Lipinski definition) is 1. The molecule has 1 amide bonds. The highest BCUT2D eigenvalue weighted by Gasteiger charge is 2.30. The van der Waals surface area contributed by atoms with Crippen molar-refractivity contribution in [3.63, 3.8) is 0 Å². The molecule has 0 saturated carbocycles. The zero-order valence-corrected chi connectivity index (χ0v) is 14.2. The second-order valence-corrected chi connectivity index (χ2v) is 6.41. The maximum atomic E-state index is 12.4. The predicted octanol–water partition coefficient (Wildman–Crippen LogP) is 3.23. The van der Waals surface area contributed by atoms with Crippen LogP contribution in [-0.2, 0) is 11.3 Å². The van der Waals surface area contributed by atoms with Crippen molar-refractivity contribution in [1.82, 2.24) is 0 Å². The van der Waals surface area contributed by atoms with Gasteiger partial charge >= 0.3 is 6.92 Å². The SMILES string of the molecule is O=C(Nc1ccc2c(c1)B(c1ccccc1)OC2)c1ccc(Cl)cc1. The summed E-state index contributed by atoms with van der Waals surface area (Å²) in [6.45, 7) is 0.490. The van der Waals surface area contributed by atoms with E-state index in [-0.39, 0.29) is 12.8 Å². The van der Waals surface area contributed by atoms with Crippen LogP contribution < -0.4 is 16.2 Å². The van der Waals surface area contributed by atoms with Gasteiger partial charge in [-0.05, 0) is 52.9 Å². The van der Waals surface area contributed by atoms with Gasteiger partial charge in [0.1, 0.15) is 0 Å². The van der Waals surface area contributed by atoms with Gasteiger partial charge in [-0.1, -0.05) is 48.0 Å². The summed E-state index contributed by atoms with van der Waals surface area (Å²) in [6, 6.07) is 22.8. The van der Waals surface area contributed by atoms with Gasteiger partial charge < -0.3 is 9.97 Å². The normalized spacial score (nSPS) is 12.8. The summed E-state index contributed by atoms with van der Waals surface area (Å²) in [6.07, 6.45) is 0. The van der Waals surface area contributed by atoms with Crippen molar-refractivity contribution in [1.29, 1.82) is 0 Å². The average molecular weight is 348 g/mol. The predicted molar refractivity (Wildman–Crippen MR) is 102 cm³/mol. The quantitative estimate of drug-likeness (QED) is 0.739. The van der Waals surface area contributed by atoms with Gasteiger partial charge in [-0.25, -0.2) is 0 Å². The lowest BCUT2D eigenvalue weighted by molar-refractivity contribution is 0.102. The topological polar surface area (TPSA) is 38.3 Å². The Morgan fingerprint density at radius 2 is 1.76 bits per heavy atom. The van der Waals surface area contributed by atoms with E-state index in [1.165, 1.54) is 0 Å². The molecule has 1 heterocycles. The molecule has 0 radical (unpaired) electrons. The summed E-state index contributed by atoms with van der Waals surface area (Å²) in [5.74, 6) is -0.160. The number of amides is 1. The van der Waals surface area contributed by atoms with Crippen molar-refractivity contribution in [3.8, 4) is 0 Å². The Morgan fingerprint density at radius 1 is 1.00 bits per heavy atom. The van der Waals surface area contributed by atoms with Crippen LogP contribution in [0, 0.1) is 0 Å². The fourth-order valence-corrected chi connectivity index (χ4v) is 3.15. The smallest absolute Gasteiger partial charge is 0.362 e. The van der Waals surface area contributed by atoms with Crippen LogP contribution in [0.1, 0.15) is 15.9 Å². The van der Waals surface area contributed by atoms with Gasteiger partial charge in [0.2, 0.25) is 0 Å². The molecule has 0 saturated heterocycles. The number of fused-ring (bicyclic) bond motifs is 1. The van der Waals surface area contributed by atoms with Gasteiger partial charge in [-0.15, -0.1) is 0 Å². The summed E-state index contributed by atoms with van der Waals surface area (Å²) in [7, 11) is 0. The summed E-state index contributed by atoms with van der Waals surface area (Å²) < 4.78 is 5.94. The lowest BCUT2D eigenvalue weighted by atomic mass is 9.56. The van der Waals surface area contributed by atoms with E-state index in [9.17, 15) is 4.79 Å². The van der Waals surface area contributed by atoms with E-state index in [1.54, 1.807) is 24.3 Å². The number of hydrogen-bond acceptors (Lipinski definition) is 2. The third-order valence-electron chi connectivity index (χ3n) is 4.30. The molecule has 0 fully saturated rings. The van der Waals surface area contributed by atoms with Crippen molar-refractivity contribution in [2.45, 2.75) is 6.61 Å². The van der Waals surface area contributed by atoms with E-state index in [2.05, 4.69) is 17.4 Å². The third kappa shape index (κ3) is 3.32. The molecule has 0 atom stereocenters. The summed E-state index contributed by atoms with van der Waals surface area (Å²) >= 11 is 5.87. The van der Waals surface area contributed by atoms with Gasteiger partial charge in [0, 0.05) is 16.3 Å². The fourth-order valence-electron chi connectivity index (χ4n) is 3.02. The zero-order chi connectivity index (χ0) is 17.2. The number of nitrogens with one attached hydrogen (secondary N) is 1. The molecule has 122 valence electrons. The highest BCUT2D eigenvalue weighted by atomic mass is 35.5. The average Bonchev–Trinajstić information content (AvgIpc) is 3.06. The van der Waals surface area contributed by atoms with Crippen LogP contribution in [0.2, 0.25) is 5.02 Å². The highest BCUT2D eigenvalue weighted by molar-refractivity contribution is 6.81. The highest BCUT2D eigenvalue weighted by Crippen LogP contribution is 2.17. The van der Waals surface area contributed by atoms with Crippen LogP contribution >= 0.6 is 11.6 Å². The van der Waals surface area contributed by atoms with Gasteiger partial charge in [-0.3, -0.25) is 4.79 Å². The Kier molecular flexibility index (Phi) is 4.30. The van der Waals surface area contributed by atoms with Crippen LogP contribution in [0.25, 0.3) is 0 Å². The Balaban J connectivity index is 1.59. The minimum Gasteiger partial charge on any atom is -0.423 e. The zero-order valence-electron chi connectivity index (χ0n) is 13.4. The summed E-state index contributed by atoms with van der Waals surface area (Å²) in [4.78, 5) is 12.4. The van der Waals surface area contributed by atoms with E-state index in [0.717, 1.165) is 22.2 Å². The van der Waals surface area contributed by atoms with Crippen LogP contribution in [0.3, 0.4) is 0 Å². The first-order chi connectivity index (χ1) is 12.2. The van der Waals surface area contributed by atoms with Gasteiger partial charge in [0.15, 0.2) is 0 Å². The minimum atomic E-state index is -0.160. The van der Waals surface area contributed by atoms with Crippen molar-refractivity contribution >= 4 is 41.0 Å². The van der Waals surface area contributed by atoms with E-state index >= 15 is 0 Å². The van der Waals surface area contributed by atoms with Crippen molar-refractivity contribution in [3.05, 3.63) is 88.9 Å². The number of carbonyl (C=O) groups is 1. The molecule has 1 aliphatic heterocycles. The van der Waals surface area contributed by atoms with Gasteiger partial charge in [-0.2, -0.15) is 0 Å². The molecule has 1 aliphatic rings. The Morgan fingerprint density at radius 3 is 2.52 bits per heavy atom. The lowest BCUT2D eigenvalue weighted by Crippen LogP contribution is -2.41. The lowest BCUT2D eigenvalue weighted by Gasteiger charge is -2.10. The molecule has 0 unspecified atom stereocenters. The van der Waals surface area contributed by atoms with E-state index < -0.39 is 0 Å². The number of halogens is 1. The van der Waals surface area contributed by atoms with Crippen LogP contribution in [-0.4, -0.2) is 12.8 Å². The van der Waals surface area contributed by atoms with Crippen molar-refractivity contribution in [2.75, 3.05) is 5.32 Å². The number of benzene rings is 3. The molecule has 0 spiro atoms. The Labute approximate surface area is 151 Å². The van der Waals surface area contributed by atoms with Crippen molar-refractivity contribution < 1.29 is 9.45 Å². The van der Waals surface area contributed by atoms with E-state index in [4.69, 9.17) is 16.3 Å². The first kappa shape index (κ1) is 15.9. The summed E-state index contributed by atoms with van der Waals surface area (Å²) in [5.41, 5.74) is 4.69. The van der Waals surface area contributed by atoms with Crippen LogP contribution in [0.5, 0.6) is 0 Å². The maximum absolute atomic E-state index is 12.4. The molecule has 4 rings (SSSR count). The second kappa shape index (κ2) is 6.75. The molecule has 5 heteroatoms. The molecule has 3 aromatic rings. The van der Waals surface area contributed by atoms with Crippen LogP contribution in [0.4, 0.5) is 5.69 Å². The molecule has 0 aliphatic carbocycles. The molecule has 25 heavy (non-hydrogen) atoms. The van der Waals surface area contributed by atoms with Crippen LogP contribution in [0.15, 0.2) is 72.8 Å². The molecule has 3 nitrogen and oxygen atoms in total. The Hall–Kier alpha value is -2.56. The van der Waals surface area contributed by atoms with Gasteiger partial charge in [0.05, 0.1) is 6.61 Å². The van der Waals surface area contributed by atoms with E-state index in [1.807, 2.05) is 36.4 Å². The molecular weight excluding hydrogens is 332 g/mol. The first-order valence-electron chi connectivity index (χ1n) is 8.07. The fraction of sp³-hybridized carbons (Fsp3) is 0.0500. The first-order valence-corrected chi connectivity index (χ1v) is 8.45. The summed E-state index contributed by atoms with van der Waals surface area (Å²) in [5, 5.41) is 3.55. The second-order valence-electron chi connectivity index (χ2n) is 5.98.